The number of hydrogen-bond donors (Lipinski definition) is 1. The molecule has 2 heterocycles. The summed E-state index contributed by atoms with van der Waals surface area (Å²) in [5.74, 6) is 0.559. The van der Waals surface area contributed by atoms with Gasteiger partial charge in [-0.25, -0.2) is 0 Å². The maximum absolute atomic E-state index is 12.3. The lowest BCUT2D eigenvalue weighted by atomic mass is 10.2. The molecule has 0 saturated heterocycles. The Labute approximate surface area is 139 Å². The largest absolute Gasteiger partial charge is 0.333 e. The highest BCUT2D eigenvalue weighted by atomic mass is 35.5. The van der Waals surface area contributed by atoms with Gasteiger partial charge in [0.05, 0.1) is 16.3 Å². The Morgan fingerprint density at radius 3 is 2.82 bits per heavy atom. The fraction of sp³-hybridized carbons (Fsp3) is 0.0714. The van der Waals surface area contributed by atoms with E-state index in [2.05, 4.69) is 15.5 Å². The fourth-order valence-electron chi connectivity index (χ4n) is 1.83. The van der Waals surface area contributed by atoms with Gasteiger partial charge in [0.1, 0.15) is 4.88 Å². The second-order valence-electron chi connectivity index (χ2n) is 4.39. The molecule has 1 aromatic carbocycles. The smallest absolute Gasteiger partial charge is 0.270 e. The van der Waals surface area contributed by atoms with E-state index in [1.807, 2.05) is 5.38 Å². The van der Waals surface area contributed by atoms with Gasteiger partial charge in [-0.05, 0) is 36.6 Å². The zero-order valence-electron chi connectivity index (χ0n) is 11.3. The Morgan fingerprint density at radius 1 is 1.32 bits per heavy atom. The highest BCUT2D eigenvalue weighted by molar-refractivity contribution is 7.14. The molecule has 8 heteroatoms. The molecule has 0 radical (unpaired) electrons. The lowest BCUT2D eigenvalue weighted by Crippen LogP contribution is -2.12. The summed E-state index contributed by atoms with van der Waals surface area (Å²) in [6.45, 7) is 1.73. The third kappa shape index (κ3) is 2.99. The molecule has 1 N–H and O–H groups in total. The topological polar surface area (TPSA) is 68.0 Å². The van der Waals surface area contributed by atoms with Gasteiger partial charge in [0.2, 0.25) is 0 Å². The van der Waals surface area contributed by atoms with E-state index in [0.717, 1.165) is 0 Å². The monoisotopic (exact) mass is 353 g/mol. The van der Waals surface area contributed by atoms with Gasteiger partial charge >= 0.3 is 0 Å². The first-order valence-electron chi connectivity index (χ1n) is 6.19. The van der Waals surface area contributed by atoms with Crippen LogP contribution in [0, 0.1) is 6.92 Å². The molecule has 0 fully saturated rings. The summed E-state index contributed by atoms with van der Waals surface area (Å²) in [5, 5.41) is 9.12. The first kappa shape index (κ1) is 15.0. The normalized spacial score (nSPS) is 10.7. The number of aryl methyl sites for hydroxylation is 1. The molecule has 0 spiro atoms. The minimum absolute atomic E-state index is 0.287. The van der Waals surface area contributed by atoms with Crippen LogP contribution in [0.4, 0.5) is 5.69 Å². The number of amides is 1. The number of hydrogen-bond acceptors (Lipinski definition) is 5. The van der Waals surface area contributed by atoms with Gasteiger partial charge in [-0.3, -0.25) is 4.79 Å². The zero-order valence-corrected chi connectivity index (χ0v) is 13.6. The average molecular weight is 354 g/mol. The predicted octanol–water partition coefficient (Wildman–Crippen LogP) is 4.67. The van der Waals surface area contributed by atoms with E-state index >= 15 is 0 Å². The quantitative estimate of drug-likeness (QED) is 0.742. The Kier molecular flexibility index (Phi) is 4.15. The van der Waals surface area contributed by atoms with Crippen molar-refractivity contribution in [2.24, 2.45) is 0 Å². The standard InChI is InChI=1S/C14H9Cl2N3O2S/c1-7-17-14(21-19-7)12-11(4-5-22-12)18-13(20)9-3-2-8(15)6-10(9)16/h2-6H,1H3,(H,18,20). The van der Waals surface area contributed by atoms with E-state index in [0.29, 0.717) is 32.9 Å². The first-order valence-corrected chi connectivity index (χ1v) is 7.83. The SMILES string of the molecule is Cc1noc(-c2sccc2NC(=O)c2ccc(Cl)cc2Cl)n1. The summed E-state index contributed by atoms with van der Waals surface area (Å²) in [5.41, 5.74) is 0.926. The Hall–Kier alpha value is -1.89. The van der Waals surface area contributed by atoms with E-state index < -0.39 is 0 Å². The number of nitrogens with one attached hydrogen (secondary N) is 1. The van der Waals surface area contributed by atoms with Crippen molar-refractivity contribution in [3.8, 4) is 10.8 Å². The number of benzene rings is 1. The minimum Gasteiger partial charge on any atom is -0.333 e. The van der Waals surface area contributed by atoms with Crippen LogP contribution in [0.3, 0.4) is 0 Å². The highest BCUT2D eigenvalue weighted by Gasteiger charge is 2.17. The number of thiophene rings is 1. The predicted molar refractivity (Wildman–Crippen MR) is 86.8 cm³/mol. The van der Waals surface area contributed by atoms with Crippen molar-refractivity contribution < 1.29 is 9.32 Å². The number of carbonyl (C=O) groups is 1. The molecular weight excluding hydrogens is 345 g/mol. The number of anilines is 1. The number of carbonyl (C=O) groups excluding carboxylic acids is 1. The van der Waals surface area contributed by atoms with E-state index in [1.165, 1.54) is 17.4 Å². The van der Waals surface area contributed by atoms with E-state index in [-0.39, 0.29) is 10.9 Å². The highest BCUT2D eigenvalue weighted by Crippen LogP contribution is 2.33. The van der Waals surface area contributed by atoms with Crippen LogP contribution in [-0.4, -0.2) is 16.0 Å². The Balaban J connectivity index is 1.88. The van der Waals surface area contributed by atoms with E-state index in [1.54, 1.807) is 25.1 Å². The molecule has 0 saturated carbocycles. The van der Waals surface area contributed by atoms with Crippen molar-refractivity contribution in [1.29, 1.82) is 0 Å². The van der Waals surface area contributed by atoms with E-state index in [4.69, 9.17) is 27.7 Å². The second kappa shape index (κ2) is 6.08. The van der Waals surface area contributed by atoms with Crippen molar-refractivity contribution in [3.05, 3.63) is 51.1 Å². The van der Waals surface area contributed by atoms with Crippen LogP contribution in [0.25, 0.3) is 10.8 Å². The van der Waals surface area contributed by atoms with Crippen molar-refractivity contribution in [3.63, 3.8) is 0 Å². The third-order valence-corrected chi connectivity index (χ3v) is 4.26. The molecule has 2 aromatic heterocycles. The molecule has 0 bridgehead atoms. The summed E-state index contributed by atoms with van der Waals surface area (Å²) in [6, 6.07) is 6.47. The van der Waals surface area contributed by atoms with Crippen molar-refractivity contribution in [1.82, 2.24) is 10.1 Å². The van der Waals surface area contributed by atoms with Gasteiger partial charge in [-0.1, -0.05) is 28.4 Å². The summed E-state index contributed by atoms with van der Waals surface area (Å²) in [7, 11) is 0. The van der Waals surface area contributed by atoms with Gasteiger partial charge in [0.15, 0.2) is 5.82 Å². The Bertz CT molecular complexity index is 844. The molecule has 0 aliphatic rings. The molecule has 3 rings (SSSR count). The summed E-state index contributed by atoms with van der Waals surface area (Å²) < 4.78 is 5.13. The van der Waals surface area contributed by atoms with Crippen molar-refractivity contribution in [2.75, 3.05) is 5.32 Å². The molecule has 1 amide bonds. The van der Waals surface area contributed by atoms with Gasteiger partial charge in [0.25, 0.3) is 11.8 Å². The van der Waals surface area contributed by atoms with Crippen LogP contribution in [-0.2, 0) is 0 Å². The third-order valence-electron chi connectivity index (χ3n) is 2.81. The molecular formula is C14H9Cl2N3O2S. The number of rotatable bonds is 3. The average Bonchev–Trinajstić information content (AvgIpc) is 3.07. The van der Waals surface area contributed by atoms with Crippen LogP contribution < -0.4 is 5.32 Å². The molecule has 3 aromatic rings. The first-order chi connectivity index (χ1) is 10.5. The number of halogens is 2. The molecule has 0 atom stereocenters. The van der Waals surface area contributed by atoms with Crippen LogP contribution in [0.5, 0.6) is 0 Å². The molecule has 22 heavy (non-hydrogen) atoms. The second-order valence-corrected chi connectivity index (χ2v) is 6.15. The van der Waals surface area contributed by atoms with E-state index in [9.17, 15) is 4.79 Å². The van der Waals surface area contributed by atoms with Crippen LogP contribution in [0.1, 0.15) is 16.2 Å². The number of aromatic nitrogens is 2. The zero-order chi connectivity index (χ0) is 15.7. The van der Waals surface area contributed by atoms with Crippen LogP contribution in [0.2, 0.25) is 10.0 Å². The molecule has 0 aliphatic carbocycles. The lowest BCUT2D eigenvalue weighted by Gasteiger charge is -2.06. The maximum Gasteiger partial charge on any atom is 0.270 e. The molecule has 112 valence electrons. The van der Waals surface area contributed by atoms with Gasteiger partial charge in [-0.2, -0.15) is 4.98 Å². The molecule has 5 nitrogen and oxygen atoms in total. The van der Waals surface area contributed by atoms with Crippen LogP contribution >= 0.6 is 34.5 Å². The lowest BCUT2D eigenvalue weighted by molar-refractivity contribution is 0.102. The summed E-state index contributed by atoms with van der Waals surface area (Å²) in [6.07, 6.45) is 0. The summed E-state index contributed by atoms with van der Waals surface area (Å²) >= 11 is 13.3. The Morgan fingerprint density at radius 2 is 2.14 bits per heavy atom. The van der Waals surface area contributed by atoms with Crippen molar-refractivity contribution >= 4 is 46.1 Å². The molecule has 0 aliphatic heterocycles. The van der Waals surface area contributed by atoms with Crippen molar-refractivity contribution in [2.45, 2.75) is 6.92 Å². The maximum atomic E-state index is 12.3. The van der Waals surface area contributed by atoms with Gasteiger partial charge < -0.3 is 9.84 Å². The summed E-state index contributed by atoms with van der Waals surface area (Å²) in [4.78, 5) is 17.2. The number of nitrogens with zero attached hydrogens (tertiary/aromatic N) is 2. The van der Waals surface area contributed by atoms with Crippen LogP contribution in [0.15, 0.2) is 34.2 Å². The van der Waals surface area contributed by atoms with Gasteiger partial charge in [0, 0.05) is 5.02 Å². The van der Waals surface area contributed by atoms with Gasteiger partial charge in [-0.15, -0.1) is 11.3 Å². The fourth-order valence-corrected chi connectivity index (χ4v) is 3.09. The molecule has 0 unspecified atom stereocenters. The minimum atomic E-state index is -0.336.